The second kappa shape index (κ2) is 12.8. The van der Waals surface area contributed by atoms with Gasteiger partial charge in [0.25, 0.3) is 0 Å². The van der Waals surface area contributed by atoms with Gasteiger partial charge in [0.15, 0.2) is 16.6 Å². The molecular formula is C18H48O4S2Si5. The first-order valence-electron chi connectivity index (χ1n) is 10.7. The van der Waals surface area contributed by atoms with Crippen LogP contribution in [0.4, 0.5) is 0 Å². The highest BCUT2D eigenvalue weighted by atomic mass is 32.2. The molecule has 0 saturated carbocycles. The van der Waals surface area contributed by atoms with Gasteiger partial charge in [-0.3, -0.25) is 0 Å². The fourth-order valence-electron chi connectivity index (χ4n) is 3.70. The lowest BCUT2D eigenvalue weighted by atomic mass is 10.6. The van der Waals surface area contributed by atoms with Gasteiger partial charge in [-0.25, -0.2) is 0 Å². The standard InChI is InChI=1S/C18H48O4S2Si5/c1-23-15-13-17-28(11,20-26(6,7)8)22-29(12,18-14-16-24-2)21-27(9,10)19-25(3,4)5/h13-18H2,1-12H3. The summed E-state index contributed by atoms with van der Waals surface area (Å²) in [6.07, 6.45) is 6.62. The maximum absolute atomic E-state index is 7.06. The summed E-state index contributed by atoms with van der Waals surface area (Å²) in [6.45, 7) is 22.5. The molecule has 0 amide bonds. The Labute approximate surface area is 196 Å². The summed E-state index contributed by atoms with van der Waals surface area (Å²) in [6, 6.07) is 2.06. The molecule has 0 aliphatic rings. The predicted molar refractivity (Wildman–Crippen MR) is 147 cm³/mol. The second-order valence-electron chi connectivity index (χ2n) is 10.5. The van der Waals surface area contributed by atoms with Crippen LogP contribution in [0, 0.1) is 0 Å². The molecule has 0 N–H and O–H groups in total. The van der Waals surface area contributed by atoms with Crippen LogP contribution in [0.25, 0.3) is 0 Å². The van der Waals surface area contributed by atoms with Gasteiger partial charge in [0, 0.05) is 0 Å². The molecule has 29 heavy (non-hydrogen) atoms. The number of rotatable bonds is 16. The van der Waals surface area contributed by atoms with Gasteiger partial charge in [-0.05, 0) is 114 Å². The zero-order valence-electron chi connectivity index (χ0n) is 21.2. The van der Waals surface area contributed by atoms with E-state index in [4.69, 9.17) is 16.5 Å². The molecule has 2 atom stereocenters. The summed E-state index contributed by atoms with van der Waals surface area (Å²) < 4.78 is 27.2. The molecule has 0 fully saturated rings. The largest absolute Gasteiger partial charge is 0.437 e. The van der Waals surface area contributed by atoms with E-state index in [0.29, 0.717) is 0 Å². The predicted octanol–water partition coefficient (Wildman–Crippen LogP) is 7.07. The fourth-order valence-corrected chi connectivity index (χ4v) is 28.9. The lowest BCUT2D eigenvalue weighted by molar-refractivity contribution is 0.288. The van der Waals surface area contributed by atoms with Crippen molar-refractivity contribution in [2.45, 2.75) is 90.4 Å². The fraction of sp³-hybridized carbons (Fsp3) is 1.00. The molecule has 4 nitrogen and oxygen atoms in total. The Morgan fingerprint density at radius 1 is 0.517 bits per heavy atom. The smallest absolute Gasteiger partial charge is 0.317 e. The van der Waals surface area contributed by atoms with Crippen LogP contribution in [0.2, 0.25) is 77.6 Å². The molecule has 0 saturated heterocycles. The van der Waals surface area contributed by atoms with Crippen LogP contribution in [0.3, 0.4) is 0 Å². The van der Waals surface area contributed by atoms with Crippen molar-refractivity contribution in [2.24, 2.45) is 0 Å². The van der Waals surface area contributed by atoms with E-state index in [0.717, 1.165) is 36.4 Å². The maximum atomic E-state index is 7.06. The minimum atomic E-state index is -2.42. The molecule has 2 unspecified atom stereocenters. The molecule has 0 rings (SSSR count). The highest BCUT2D eigenvalue weighted by molar-refractivity contribution is 7.98. The molecule has 0 spiro atoms. The van der Waals surface area contributed by atoms with Gasteiger partial charge in [0.05, 0.1) is 0 Å². The van der Waals surface area contributed by atoms with Crippen LogP contribution in [-0.2, 0) is 16.5 Å². The third kappa shape index (κ3) is 16.0. The quantitative estimate of drug-likeness (QED) is 0.156. The van der Waals surface area contributed by atoms with Gasteiger partial charge in [0.1, 0.15) is 0 Å². The van der Waals surface area contributed by atoms with Crippen molar-refractivity contribution in [3.8, 4) is 0 Å². The average molecular weight is 533 g/mol. The topological polar surface area (TPSA) is 36.9 Å². The molecule has 0 aromatic rings. The molecular weight excluding hydrogens is 485 g/mol. The van der Waals surface area contributed by atoms with Gasteiger partial charge in [-0.2, -0.15) is 23.5 Å². The van der Waals surface area contributed by atoms with Crippen LogP contribution in [0.1, 0.15) is 12.8 Å². The Kier molecular flexibility index (Phi) is 13.5. The lowest BCUT2D eigenvalue weighted by Gasteiger charge is -2.44. The summed E-state index contributed by atoms with van der Waals surface area (Å²) >= 11 is 3.80. The Bertz CT molecular complexity index is 474. The average Bonchev–Trinajstić information content (AvgIpc) is 2.41. The summed E-state index contributed by atoms with van der Waals surface area (Å²) in [4.78, 5) is 0. The number of thioether (sulfide) groups is 2. The van der Waals surface area contributed by atoms with Crippen molar-refractivity contribution in [3.05, 3.63) is 0 Å². The van der Waals surface area contributed by atoms with Crippen molar-refractivity contribution in [1.82, 2.24) is 0 Å². The lowest BCUT2D eigenvalue weighted by Crippen LogP contribution is -2.60. The zero-order chi connectivity index (χ0) is 23.0. The summed E-state index contributed by atoms with van der Waals surface area (Å²) in [5, 5.41) is 0. The molecule has 176 valence electrons. The van der Waals surface area contributed by atoms with Crippen LogP contribution in [-0.4, -0.2) is 66.3 Å². The third-order valence-electron chi connectivity index (χ3n) is 3.93. The Morgan fingerprint density at radius 3 is 1.24 bits per heavy atom. The van der Waals surface area contributed by atoms with Gasteiger partial charge in [-0.15, -0.1) is 0 Å². The highest BCUT2D eigenvalue weighted by Crippen LogP contribution is 2.32. The van der Waals surface area contributed by atoms with E-state index in [9.17, 15) is 0 Å². The van der Waals surface area contributed by atoms with Crippen LogP contribution in [0.15, 0.2) is 0 Å². The van der Waals surface area contributed by atoms with Gasteiger partial charge < -0.3 is 16.5 Å². The molecule has 0 aliphatic carbocycles. The Balaban J connectivity index is 5.63. The van der Waals surface area contributed by atoms with E-state index in [1.165, 1.54) is 0 Å². The third-order valence-corrected chi connectivity index (χ3v) is 23.6. The number of hydrogen-bond donors (Lipinski definition) is 0. The summed E-state index contributed by atoms with van der Waals surface area (Å²) in [5.74, 6) is 2.30. The number of hydrogen-bond acceptors (Lipinski definition) is 6. The van der Waals surface area contributed by atoms with Crippen LogP contribution in [0.5, 0.6) is 0 Å². The van der Waals surface area contributed by atoms with Crippen molar-refractivity contribution in [3.63, 3.8) is 0 Å². The highest BCUT2D eigenvalue weighted by Gasteiger charge is 2.48. The first-order valence-corrected chi connectivity index (χ1v) is 28.2. The first-order chi connectivity index (χ1) is 12.9. The molecule has 11 heteroatoms. The first kappa shape index (κ1) is 30.6. The minimum absolute atomic E-state index is 1.01. The SMILES string of the molecule is CSCCC[Si](C)(O[Si](C)(C)C)O[Si](C)(CCCSC)O[Si](C)(C)O[Si](C)(C)C. The maximum Gasteiger partial charge on any atom is 0.317 e. The van der Waals surface area contributed by atoms with E-state index < -0.39 is 42.3 Å². The monoisotopic (exact) mass is 532 g/mol. The van der Waals surface area contributed by atoms with Crippen molar-refractivity contribution >= 4 is 65.8 Å². The Hall–Kier alpha value is 1.62. The normalized spacial score (nSPS) is 17.8. The van der Waals surface area contributed by atoms with Gasteiger partial charge >= 0.3 is 25.7 Å². The molecule has 0 bridgehead atoms. The molecule has 0 heterocycles. The van der Waals surface area contributed by atoms with Crippen molar-refractivity contribution in [1.29, 1.82) is 0 Å². The molecule has 0 radical (unpaired) electrons. The molecule has 0 aromatic heterocycles. The van der Waals surface area contributed by atoms with Crippen LogP contribution >= 0.6 is 23.5 Å². The van der Waals surface area contributed by atoms with E-state index in [-0.39, 0.29) is 0 Å². The van der Waals surface area contributed by atoms with Gasteiger partial charge in [-0.1, -0.05) is 0 Å². The van der Waals surface area contributed by atoms with Crippen LogP contribution < -0.4 is 0 Å². The minimum Gasteiger partial charge on any atom is -0.437 e. The zero-order valence-corrected chi connectivity index (χ0v) is 27.8. The van der Waals surface area contributed by atoms with Gasteiger partial charge in [0.2, 0.25) is 0 Å². The van der Waals surface area contributed by atoms with E-state index >= 15 is 0 Å². The van der Waals surface area contributed by atoms with E-state index in [2.05, 4.69) is 78.0 Å². The Morgan fingerprint density at radius 2 is 0.897 bits per heavy atom. The second-order valence-corrected chi connectivity index (χ2v) is 32.5. The molecule has 0 aromatic carbocycles. The van der Waals surface area contributed by atoms with Crippen molar-refractivity contribution < 1.29 is 16.5 Å². The van der Waals surface area contributed by atoms with E-state index in [1.54, 1.807) is 0 Å². The van der Waals surface area contributed by atoms with E-state index in [1.807, 2.05) is 23.5 Å². The molecule has 0 aliphatic heterocycles. The summed E-state index contributed by atoms with van der Waals surface area (Å²) in [7, 11) is -10.4. The van der Waals surface area contributed by atoms with Crippen molar-refractivity contribution in [2.75, 3.05) is 24.0 Å². The summed E-state index contributed by atoms with van der Waals surface area (Å²) in [5.41, 5.74) is 0.